The number of aromatic hydroxyl groups is 1. The summed E-state index contributed by atoms with van der Waals surface area (Å²) >= 11 is 1.74. The Bertz CT molecular complexity index is 437. The predicted molar refractivity (Wildman–Crippen MR) is 64.5 cm³/mol. The normalized spacial score (nSPS) is 10.2. The number of rotatable bonds is 3. The monoisotopic (exact) mass is 219 g/mol. The van der Waals surface area contributed by atoms with Crippen LogP contribution in [-0.4, -0.2) is 5.11 Å². The summed E-state index contributed by atoms with van der Waals surface area (Å²) < 4.78 is 0. The highest BCUT2D eigenvalue weighted by Gasteiger charge is 1.99. The van der Waals surface area contributed by atoms with Gasteiger partial charge < -0.3 is 10.4 Å². The van der Waals surface area contributed by atoms with E-state index in [1.165, 1.54) is 4.88 Å². The molecule has 0 atom stereocenters. The molecule has 0 spiro atoms. The second kappa shape index (κ2) is 4.36. The molecule has 15 heavy (non-hydrogen) atoms. The average Bonchev–Trinajstić information content (AvgIpc) is 2.69. The first-order chi connectivity index (χ1) is 7.25. The van der Waals surface area contributed by atoms with Gasteiger partial charge in [-0.3, -0.25) is 0 Å². The van der Waals surface area contributed by atoms with Crippen LogP contribution < -0.4 is 5.32 Å². The molecule has 0 saturated heterocycles. The van der Waals surface area contributed by atoms with Crippen molar-refractivity contribution in [3.63, 3.8) is 0 Å². The first-order valence-corrected chi connectivity index (χ1v) is 5.69. The SMILES string of the molecule is Cc1cc(O)ccc1NCc1cccs1. The number of hydrogen-bond donors (Lipinski definition) is 2. The summed E-state index contributed by atoms with van der Waals surface area (Å²) in [5.41, 5.74) is 2.13. The van der Waals surface area contributed by atoms with Gasteiger partial charge in [0, 0.05) is 17.1 Å². The third kappa shape index (κ3) is 2.50. The smallest absolute Gasteiger partial charge is 0.115 e. The molecule has 78 valence electrons. The number of thiophene rings is 1. The van der Waals surface area contributed by atoms with Gasteiger partial charge in [-0.05, 0) is 42.1 Å². The van der Waals surface area contributed by atoms with Gasteiger partial charge in [-0.15, -0.1) is 11.3 Å². The minimum absolute atomic E-state index is 0.314. The van der Waals surface area contributed by atoms with E-state index in [2.05, 4.69) is 16.8 Å². The van der Waals surface area contributed by atoms with Crippen LogP contribution in [0.4, 0.5) is 5.69 Å². The maximum Gasteiger partial charge on any atom is 0.115 e. The minimum Gasteiger partial charge on any atom is -0.508 e. The van der Waals surface area contributed by atoms with E-state index in [4.69, 9.17) is 0 Å². The first kappa shape index (κ1) is 10.1. The number of phenolic OH excluding ortho intramolecular Hbond substituents is 1. The van der Waals surface area contributed by atoms with E-state index in [0.29, 0.717) is 5.75 Å². The van der Waals surface area contributed by atoms with Crippen LogP contribution in [0.5, 0.6) is 5.75 Å². The summed E-state index contributed by atoms with van der Waals surface area (Å²) in [6.07, 6.45) is 0. The van der Waals surface area contributed by atoms with Crippen LogP contribution in [0.3, 0.4) is 0 Å². The van der Waals surface area contributed by atoms with Crippen LogP contribution in [0.25, 0.3) is 0 Å². The van der Waals surface area contributed by atoms with Gasteiger partial charge in [0.25, 0.3) is 0 Å². The molecule has 2 nitrogen and oxygen atoms in total. The molecule has 0 aliphatic carbocycles. The molecule has 3 heteroatoms. The van der Waals surface area contributed by atoms with Crippen molar-refractivity contribution in [2.45, 2.75) is 13.5 Å². The van der Waals surface area contributed by atoms with Crippen LogP contribution in [0, 0.1) is 6.92 Å². The Morgan fingerprint density at radius 1 is 1.33 bits per heavy atom. The third-order valence-corrected chi connectivity index (χ3v) is 3.12. The molecule has 1 aromatic carbocycles. The third-order valence-electron chi connectivity index (χ3n) is 2.24. The fourth-order valence-corrected chi connectivity index (χ4v) is 2.09. The van der Waals surface area contributed by atoms with Crippen LogP contribution >= 0.6 is 11.3 Å². The molecule has 1 aromatic heterocycles. The maximum atomic E-state index is 9.26. The lowest BCUT2D eigenvalue weighted by molar-refractivity contribution is 0.475. The van der Waals surface area contributed by atoms with Crippen molar-refractivity contribution in [3.05, 3.63) is 46.2 Å². The number of aryl methyl sites for hydroxylation is 1. The van der Waals surface area contributed by atoms with Crippen LogP contribution in [0.2, 0.25) is 0 Å². The zero-order valence-corrected chi connectivity index (χ0v) is 9.34. The Morgan fingerprint density at radius 3 is 2.87 bits per heavy atom. The van der Waals surface area contributed by atoms with Crippen LogP contribution in [0.15, 0.2) is 35.7 Å². The van der Waals surface area contributed by atoms with E-state index in [0.717, 1.165) is 17.8 Å². The highest BCUT2D eigenvalue weighted by molar-refractivity contribution is 7.09. The number of anilines is 1. The van der Waals surface area contributed by atoms with Crippen molar-refractivity contribution in [3.8, 4) is 5.75 Å². The minimum atomic E-state index is 0.314. The Morgan fingerprint density at radius 2 is 2.20 bits per heavy atom. The summed E-state index contributed by atoms with van der Waals surface area (Å²) in [6.45, 7) is 2.82. The standard InChI is InChI=1S/C12H13NOS/c1-9-7-10(14)4-5-12(9)13-8-11-3-2-6-15-11/h2-7,13-14H,8H2,1H3. The number of phenols is 1. The number of benzene rings is 1. The molecule has 0 radical (unpaired) electrons. The van der Waals surface area contributed by atoms with Crippen molar-refractivity contribution in [1.29, 1.82) is 0 Å². The molecule has 2 aromatic rings. The molecule has 0 unspecified atom stereocenters. The first-order valence-electron chi connectivity index (χ1n) is 4.81. The van der Waals surface area contributed by atoms with Gasteiger partial charge in [0.05, 0.1) is 0 Å². The summed E-state index contributed by atoms with van der Waals surface area (Å²) in [6, 6.07) is 9.51. The molecule has 2 rings (SSSR count). The van der Waals surface area contributed by atoms with Crippen molar-refractivity contribution in [1.82, 2.24) is 0 Å². The van der Waals surface area contributed by atoms with E-state index in [1.54, 1.807) is 23.5 Å². The summed E-state index contributed by atoms with van der Waals surface area (Å²) in [5, 5.41) is 14.7. The fourth-order valence-electron chi connectivity index (χ4n) is 1.44. The Balaban J connectivity index is 2.05. The van der Waals surface area contributed by atoms with Crippen molar-refractivity contribution in [2.75, 3.05) is 5.32 Å². The fraction of sp³-hybridized carbons (Fsp3) is 0.167. The summed E-state index contributed by atoms with van der Waals surface area (Å²) in [4.78, 5) is 1.31. The van der Waals surface area contributed by atoms with Gasteiger partial charge in [-0.1, -0.05) is 6.07 Å². The van der Waals surface area contributed by atoms with E-state index < -0.39 is 0 Å². The predicted octanol–water partition coefficient (Wildman–Crippen LogP) is 3.37. The zero-order chi connectivity index (χ0) is 10.7. The summed E-state index contributed by atoms with van der Waals surface area (Å²) in [7, 11) is 0. The highest BCUT2D eigenvalue weighted by Crippen LogP contribution is 2.21. The van der Waals surface area contributed by atoms with E-state index in [-0.39, 0.29) is 0 Å². The van der Waals surface area contributed by atoms with Crippen LogP contribution in [0.1, 0.15) is 10.4 Å². The number of hydrogen-bond acceptors (Lipinski definition) is 3. The zero-order valence-electron chi connectivity index (χ0n) is 8.53. The van der Waals surface area contributed by atoms with E-state index in [1.807, 2.05) is 19.1 Å². The lowest BCUT2D eigenvalue weighted by Gasteiger charge is -2.08. The molecular formula is C12H13NOS. The second-order valence-electron chi connectivity index (χ2n) is 3.43. The van der Waals surface area contributed by atoms with Crippen molar-refractivity contribution >= 4 is 17.0 Å². The Labute approximate surface area is 93.2 Å². The van der Waals surface area contributed by atoms with Gasteiger partial charge in [-0.25, -0.2) is 0 Å². The van der Waals surface area contributed by atoms with Crippen molar-refractivity contribution in [2.24, 2.45) is 0 Å². The maximum absolute atomic E-state index is 9.26. The van der Waals surface area contributed by atoms with Crippen LogP contribution in [-0.2, 0) is 6.54 Å². The highest BCUT2D eigenvalue weighted by atomic mass is 32.1. The van der Waals surface area contributed by atoms with Gasteiger partial charge in [0.2, 0.25) is 0 Å². The molecule has 1 heterocycles. The quantitative estimate of drug-likeness (QED) is 0.776. The van der Waals surface area contributed by atoms with Gasteiger partial charge >= 0.3 is 0 Å². The molecule has 0 saturated carbocycles. The lowest BCUT2D eigenvalue weighted by atomic mass is 10.2. The largest absolute Gasteiger partial charge is 0.508 e. The Hall–Kier alpha value is -1.48. The molecule has 2 N–H and O–H groups in total. The van der Waals surface area contributed by atoms with E-state index in [9.17, 15) is 5.11 Å². The van der Waals surface area contributed by atoms with E-state index >= 15 is 0 Å². The van der Waals surface area contributed by atoms with Gasteiger partial charge in [0.1, 0.15) is 5.75 Å². The molecule has 0 aliphatic heterocycles. The topological polar surface area (TPSA) is 32.3 Å². The molecule has 0 bridgehead atoms. The second-order valence-corrected chi connectivity index (χ2v) is 4.46. The van der Waals surface area contributed by atoms with Gasteiger partial charge in [0.15, 0.2) is 0 Å². The molecule has 0 fully saturated rings. The molecule has 0 aliphatic rings. The molecule has 0 amide bonds. The average molecular weight is 219 g/mol. The number of nitrogens with one attached hydrogen (secondary N) is 1. The Kier molecular flexibility index (Phi) is 2.92. The summed E-state index contributed by atoms with van der Waals surface area (Å²) in [5.74, 6) is 0.314. The molecular weight excluding hydrogens is 206 g/mol. The lowest BCUT2D eigenvalue weighted by Crippen LogP contribution is -1.98. The van der Waals surface area contributed by atoms with Gasteiger partial charge in [-0.2, -0.15) is 0 Å². The van der Waals surface area contributed by atoms with Crippen molar-refractivity contribution < 1.29 is 5.11 Å².